The van der Waals surface area contributed by atoms with Gasteiger partial charge >= 0.3 is 0 Å². The highest BCUT2D eigenvalue weighted by atomic mass is 32.2. The third-order valence-corrected chi connectivity index (χ3v) is 7.75. The van der Waals surface area contributed by atoms with E-state index in [1.165, 1.54) is 35.9 Å². The smallest absolute Gasteiger partial charge is 0.271 e. The fourth-order valence-corrected chi connectivity index (χ4v) is 5.31. The molecule has 0 radical (unpaired) electrons. The predicted molar refractivity (Wildman–Crippen MR) is 110 cm³/mol. The maximum Gasteiger partial charge on any atom is 0.271 e. The number of ether oxygens (including phenoxy) is 1. The highest BCUT2D eigenvalue weighted by Crippen LogP contribution is 2.35. The molecule has 3 N–H and O–H groups in total. The lowest BCUT2D eigenvalue weighted by molar-refractivity contribution is -0.134. The molecule has 0 atom stereocenters. The summed E-state index contributed by atoms with van der Waals surface area (Å²) in [6.07, 6.45) is 2.15. The van der Waals surface area contributed by atoms with Gasteiger partial charge in [0.05, 0.1) is 29.5 Å². The van der Waals surface area contributed by atoms with Gasteiger partial charge in [-0.2, -0.15) is 0 Å². The molecule has 2 amide bonds. The van der Waals surface area contributed by atoms with Crippen LogP contribution in [0, 0.1) is 0 Å². The molecule has 1 fully saturated rings. The number of aromatic nitrogens is 2. The molecular formula is C20H22F2N4O6S. The standard InChI is InChI=1S/C20H22F2N4O6S/c1-19(21,22)12-25-17(27)16-11-23-15(10-24-16)13-2-4-14(5-3-13)33(30,31)20(18(28)26-29)6-8-32-9-7-20/h2-5,10-11,29H,6-9,12H2,1H3,(H,25,27)(H,26,28). The van der Waals surface area contributed by atoms with Crippen molar-refractivity contribution in [2.24, 2.45) is 0 Å². The minimum atomic E-state index is -4.17. The van der Waals surface area contributed by atoms with Crippen molar-refractivity contribution >= 4 is 21.7 Å². The Hall–Kier alpha value is -3.03. The fraction of sp³-hybridized carbons (Fsp3) is 0.400. The van der Waals surface area contributed by atoms with Gasteiger partial charge in [-0.15, -0.1) is 0 Å². The third kappa shape index (κ3) is 5.15. The van der Waals surface area contributed by atoms with Gasteiger partial charge in [0.15, 0.2) is 14.6 Å². The van der Waals surface area contributed by atoms with Gasteiger partial charge in [-0.05, 0) is 25.0 Å². The number of nitrogens with zero attached hydrogens (tertiary/aromatic N) is 2. The number of carbonyl (C=O) groups is 2. The average Bonchev–Trinajstić information content (AvgIpc) is 2.82. The first kappa shape index (κ1) is 24.6. The Morgan fingerprint density at radius 3 is 2.30 bits per heavy atom. The van der Waals surface area contributed by atoms with Gasteiger partial charge in [-0.1, -0.05) is 12.1 Å². The molecule has 0 saturated carbocycles. The normalized spacial score (nSPS) is 16.1. The van der Waals surface area contributed by atoms with Crippen molar-refractivity contribution in [1.29, 1.82) is 0 Å². The van der Waals surface area contributed by atoms with E-state index in [0.29, 0.717) is 18.2 Å². The molecule has 0 spiro atoms. The van der Waals surface area contributed by atoms with Crippen LogP contribution in [0.2, 0.25) is 0 Å². The Kier molecular flexibility index (Phi) is 7.05. The number of hydrogen-bond donors (Lipinski definition) is 3. The topological polar surface area (TPSA) is 148 Å². The van der Waals surface area contributed by atoms with Crippen LogP contribution in [0.25, 0.3) is 11.3 Å². The zero-order chi connectivity index (χ0) is 24.3. The number of hydrogen-bond acceptors (Lipinski definition) is 8. The number of halogens is 2. The van der Waals surface area contributed by atoms with Gasteiger partial charge in [0.1, 0.15) is 5.69 Å². The highest BCUT2D eigenvalue weighted by Gasteiger charge is 2.52. The molecule has 0 unspecified atom stereocenters. The van der Waals surface area contributed by atoms with Crippen LogP contribution in [-0.2, 0) is 19.4 Å². The Morgan fingerprint density at radius 2 is 1.79 bits per heavy atom. The summed E-state index contributed by atoms with van der Waals surface area (Å²) in [5.41, 5.74) is 2.08. The van der Waals surface area contributed by atoms with Crippen LogP contribution in [-0.4, -0.2) is 65.8 Å². The molecule has 0 aliphatic carbocycles. The minimum absolute atomic E-state index is 0.0517. The van der Waals surface area contributed by atoms with Crippen molar-refractivity contribution in [2.75, 3.05) is 19.8 Å². The number of alkyl halides is 2. The van der Waals surface area contributed by atoms with E-state index >= 15 is 0 Å². The zero-order valence-electron chi connectivity index (χ0n) is 17.5. The molecule has 1 saturated heterocycles. The van der Waals surface area contributed by atoms with Gasteiger partial charge in [0.2, 0.25) is 0 Å². The summed E-state index contributed by atoms with van der Waals surface area (Å²) < 4.78 is 55.6. The van der Waals surface area contributed by atoms with Crippen molar-refractivity contribution in [2.45, 2.75) is 35.3 Å². The molecule has 1 aromatic heterocycles. The zero-order valence-corrected chi connectivity index (χ0v) is 18.4. The summed E-state index contributed by atoms with van der Waals surface area (Å²) in [4.78, 5) is 32.0. The lowest BCUT2D eigenvalue weighted by atomic mass is 9.98. The molecule has 1 aromatic carbocycles. The lowest BCUT2D eigenvalue weighted by Gasteiger charge is -2.34. The van der Waals surface area contributed by atoms with E-state index in [-0.39, 0.29) is 36.6 Å². The van der Waals surface area contributed by atoms with Gasteiger partial charge in [-0.25, -0.2) is 27.7 Å². The second-order valence-corrected chi connectivity index (χ2v) is 9.87. The highest BCUT2D eigenvalue weighted by molar-refractivity contribution is 7.93. The molecule has 1 aliphatic rings. The van der Waals surface area contributed by atoms with Crippen LogP contribution >= 0.6 is 0 Å². The van der Waals surface area contributed by atoms with E-state index < -0.39 is 38.9 Å². The van der Waals surface area contributed by atoms with Crippen molar-refractivity contribution in [3.05, 3.63) is 42.4 Å². The second-order valence-electron chi connectivity index (χ2n) is 7.62. The second kappa shape index (κ2) is 9.45. The van der Waals surface area contributed by atoms with Crippen molar-refractivity contribution < 1.29 is 36.7 Å². The van der Waals surface area contributed by atoms with Crippen LogP contribution in [0.15, 0.2) is 41.6 Å². The summed E-state index contributed by atoms with van der Waals surface area (Å²) >= 11 is 0. The van der Waals surface area contributed by atoms with E-state index in [0.717, 1.165) is 6.20 Å². The van der Waals surface area contributed by atoms with Gasteiger partial charge in [-0.3, -0.25) is 19.8 Å². The first-order valence-corrected chi connectivity index (χ1v) is 11.3. The first-order chi connectivity index (χ1) is 15.5. The Morgan fingerprint density at radius 1 is 1.15 bits per heavy atom. The van der Waals surface area contributed by atoms with Gasteiger partial charge in [0, 0.05) is 25.7 Å². The molecular weight excluding hydrogens is 462 g/mol. The number of rotatable bonds is 7. The van der Waals surface area contributed by atoms with Crippen LogP contribution in [0.1, 0.15) is 30.3 Å². The van der Waals surface area contributed by atoms with Crippen LogP contribution in [0.5, 0.6) is 0 Å². The summed E-state index contributed by atoms with van der Waals surface area (Å²) in [7, 11) is -4.17. The Labute approximate surface area is 188 Å². The number of amides is 2. The Bertz CT molecular complexity index is 1110. The predicted octanol–water partition coefficient (Wildman–Crippen LogP) is 1.36. The number of nitrogens with one attached hydrogen (secondary N) is 2. The number of sulfone groups is 1. The third-order valence-electron chi connectivity index (χ3n) is 5.23. The number of benzene rings is 1. The van der Waals surface area contributed by atoms with Crippen molar-refractivity contribution in [3.63, 3.8) is 0 Å². The monoisotopic (exact) mass is 484 g/mol. The molecule has 178 valence electrons. The summed E-state index contributed by atoms with van der Waals surface area (Å²) in [6.45, 7) is -0.0640. The van der Waals surface area contributed by atoms with Crippen LogP contribution < -0.4 is 10.8 Å². The maximum atomic E-state index is 13.3. The maximum absolute atomic E-state index is 13.3. The van der Waals surface area contributed by atoms with E-state index in [9.17, 15) is 26.8 Å². The minimum Gasteiger partial charge on any atom is -0.381 e. The van der Waals surface area contributed by atoms with Crippen LogP contribution in [0.3, 0.4) is 0 Å². The fourth-order valence-electron chi connectivity index (χ4n) is 3.37. The van der Waals surface area contributed by atoms with Gasteiger partial charge < -0.3 is 10.1 Å². The largest absolute Gasteiger partial charge is 0.381 e. The number of hydroxylamine groups is 1. The molecule has 10 nitrogen and oxygen atoms in total. The lowest BCUT2D eigenvalue weighted by Crippen LogP contribution is -2.54. The summed E-state index contributed by atoms with van der Waals surface area (Å²) in [5.74, 6) is -4.89. The molecule has 1 aliphatic heterocycles. The summed E-state index contributed by atoms with van der Waals surface area (Å²) in [5, 5.41) is 11.2. The quantitative estimate of drug-likeness (QED) is 0.394. The molecule has 0 bridgehead atoms. The first-order valence-electron chi connectivity index (χ1n) is 9.86. The SMILES string of the molecule is CC(F)(F)CNC(=O)c1cnc(-c2ccc(S(=O)(=O)C3(C(=O)NO)CCOCC3)cc2)cn1. The average molecular weight is 484 g/mol. The molecule has 2 aromatic rings. The molecule has 2 heterocycles. The van der Waals surface area contributed by atoms with E-state index in [1.54, 1.807) is 0 Å². The van der Waals surface area contributed by atoms with E-state index in [2.05, 4.69) is 15.3 Å². The molecule has 3 rings (SSSR count). The van der Waals surface area contributed by atoms with Crippen molar-refractivity contribution in [3.8, 4) is 11.3 Å². The Balaban J connectivity index is 1.81. The van der Waals surface area contributed by atoms with Crippen molar-refractivity contribution in [1.82, 2.24) is 20.8 Å². The van der Waals surface area contributed by atoms with Gasteiger partial charge in [0.25, 0.3) is 17.7 Å². The van der Waals surface area contributed by atoms with E-state index in [4.69, 9.17) is 9.94 Å². The molecule has 33 heavy (non-hydrogen) atoms. The van der Waals surface area contributed by atoms with E-state index in [1.807, 2.05) is 0 Å². The summed E-state index contributed by atoms with van der Waals surface area (Å²) in [6, 6.07) is 5.52. The molecule has 13 heteroatoms. The number of carbonyl (C=O) groups excluding carboxylic acids is 2. The van der Waals surface area contributed by atoms with Crippen LogP contribution in [0.4, 0.5) is 8.78 Å².